The molecule has 0 bridgehead atoms. The van der Waals surface area contributed by atoms with Crippen molar-refractivity contribution in [1.29, 1.82) is 0 Å². The fraction of sp³-hybridized carbons (Fsp3) is 0.500. The molecule has 1 fully saturated rings. The molecular weight excluding hydrogens is 461 g/mol. The third-order valence-electron chi connectivity index (χ3n) is 5.58. The van der Waals surface area contributed by atoms with Gasteiger partial charge in [0.25, 0.3) is 5.56 Å². The molecule has 0 radical (unpaired) electrons. The molecule has 2 aromatic heterocycles. The lowest BCUT2D eigenvalue weighted by Gasteiger charge is -2.33. The van der Waals surface area contributed by atoms with Crippen LogP contribution in [0.1, 0.15) is 13.8 Å². The van der Waals surface area contributed by atoms with Crippen LogP contribution in [0.4, 0.5) is 4.39 Å². The minimum atomic E-state index is -0.301. The summed E-state index contributed by atoms with van der Waals surface area (Å²) >= 11 is 3.00. The maximum atomic E-state index is 13.5. The molecule has 4 rings (SSSR count). The molecule has 3 heterocycles. The van der Waals surface area contributed by atoms with Crippen molar-refractivity contribution < 1.29 is 13.9 Å². The van der Waals surface area contributed by atoms with E-state index in [2.05, 4.69) is 18.7 Å². The summed E-state index contributed by atoms with van der Waals surface area (Å²) in [6.07, 6.45) is 0.101. The van der Waals surface area contributed by atoms with Gasteiger partial charge in [0.15, 0.2) is 5.16 Å². The van der Waals surface area contributed by atoms with Gasteiger partial charge in [-0.1, -0.05) is 37.7 Å². The van der Waals surface area contributed by atoms with Crippen LogP contribution in [0.3, 0.4) is 0 Å². The Bertz CT molecular complexity index is 1130. The first-order valence-electron chi connectivity index (χ1n) is 11.2. The molecule has 6 nitrogen and oxygen atoms in total. The van der Waals surface area contributed by atoms with Crippen LogP contribution in [0.5, 0.6) is 0 Å². The van der Waals surface area contributed by atoms with Crippen LogP contribution < -0.4 is 5.56 Å². The van der Waals surface area contributed by atoms with Gasteiger partial charge in [-0.15, -0.1) is 11.3 Å². The molecule has 1 saturated heterocycles. The highest BCUT2D eigenvalue weighted by atomic mass is 32.2. The Morgan fingerprint density at radius 3 is 2.85 bits per heavy atom. The summed E-state index contributed by atoms with van der Waals surface area (Å²) in [6, 6.07) is 6.21. The third-order valence-corrected chi connectivity index (χ3v) is 7.56. The van der Waals surface area contributed by atoms with Crippen LogP contribution in [-0.2, 0) is 16.0 Å². The number of fused-ring (bicyclic) bond motifs is 1. The van der Waals surface area contributed by atoms with Gasteiger partial charge < -0.3 is 9.47 Å². The van der Waals surface area contributed by atoms with Crippen molar-refractivity contribution in [1.82, 2.24) is 14.5 Å². The second-order valence-corrected chi connectivity index (χ2v) is 10.5. The maximum Gasteiger partial charge on any atom is 0.263 e. The summed E-state index contributed by atoms with van der Waals surface area (Å²) in [4.78, 5) is 21.5. The van der Waals surface area contributed by atoms with E-state index < -0.39 is 0 Å². The van der Waals surface area contributed by atoms with Gasteiger partial charge in [0.05, 0.1) is 31.2 Å². The van der Waals surface area contributed by atoms with Crippen LogP contribution in [0.2, 0.25) is 0 Å². The first kappa shape index (κ1) is 24.3. The average molecular weight is 492 g/mol. The zero-order chi connectivity index (χ0) is 23.4. The van der Waals surface area contributed by atoms with Crippen molar-refractivity contribution in [2.24, 2.45) is 5.92 Å². The molecule has 178 valence electrons. The van der Waals surface area contributed by atoms with Crippen LogP contribution in [-0.4, -0.2) is 66.3 Å². The Morgan fingerprint density at radius 1 is 1.33 bits per heavy atom. The van der Waals surface area contributed by atoms with E-state index in [-0.39, 0.29) is 17.5 Å². The SMILES string of the molecule is COCCn1c(SC[C@@H]2CN(CC(C)C)CCO2)nc2scc(-c3ccc(F)cc3)c2c1=O. The van der Waals surface area contributed by atoms with E-state index >= 15 is 0 Å². The molecule has 0 saturated carbocycles. The lowest BCUT2D eigenvalue weighted by Crippen LogP contribution is -2.44. The molecule has 0 N–H and O–H groups in total. The lowest BCUT2D eigenvalue weighted by molar-refractivity contribution is -0.0191. The monoisotopic (exact) mass is 491 g/mol. The van der Waals surface area contributed by atoms with Gasteiger partial charge in [0.2, 0.25) is 0 Å². The number of halogens is 1. The van der Waals surface area contributed by atoms with Crippen molar-refractivity contribution in [3.05, 3.63) is 45.8 Å². The molecule has 0 unspecified atom stereocenters. The van der Waals surface area contributed by atoms with Gasteiger partial charge >= 0.3 is 0 Å². The Kier molecular flexibility index (Phi) is 8.19. The van der Waals surface area contributed by atoms with Crippen LogP contribution in [0.25, 0.3) is 21.3 Å². The summed E-state index contributed by atoms with van der Waals surface area (Å²) in [5.74, 6) is 1.05. The van der Waals surface area contributed by atoms with E-state index in [0.29, 0.717) is 34.4 Å². The maximum absolute atomic E-state index is 13.5. The Balaban J connectivity index is 1.61. The topological polar surface area (TPSA) is 56.6 Å². The molecule has 0 aliphatic carbocycles. The molecule has 1 atom stereocenters. The highest BCUT2D eigenvalue weighted by molar-refractivity contribution is 7.99. The number of hydrogen-bond acceptors (Lipinski definition) is 7. The van der Waals surface area contributed by atoms with Crippen LogP contribution >= 0.6 is 23.1 Å². The number of thioether (sulfide) groups is 1. The van der Waals surface area contributed by atoms with Gasteiger partial charge in [-0.3, -0.25) is 14.3 Å². The molecular formula is C24H30FN3O3S2. The van der Waals surface area contributed by atoms with Crippen LogP contribution in [0.15, 0.2) is 39.6 Å². The number of ether oxygens (including phenoxy) is 2. The van der Waals surface area contributed by atoms with Crippen molar-refractivity contribution in [3.63, 3.8) is 0 Å². The summed E-state index contributed by atoms with van der Waals surface area (Å²) in [5.41, 5.74) is 1.50. The summed E-state index contributed by atoms with van der Waals surface area (Å²) in [7, 11) is 1.62. The molecule has 9 heteroatoms. The van der Waals surface area contributed by atoms with Gasteiger partial charge in [-0.2, -0.15) is 0 Å². The van der Waals surface area contributed by atoms with E-state index in [1.165, 1.54) is 23.5 Å². The summed E-state index contributed by atoms with van der Waals surface area (Å²) < 4.78 is 26.3. The normalized spacial score (nSPS) is 17.3. The highest BCUT2D eigenvalue weighted by Crippen LogP contribution is 2.32. The smallest absolute Gasteiger partial charge is 0.263 e. The van der Waals surface area contributed by atoms with Crippen molar-refractivity contribution in [3.8, 4) is 11.1 Å². The Morgan fingerprint density at radius 2 is 2.12 bits per heavy atom. The second kappa shape index (κ2) is 11.1. The van der Waals surface area contributed by atoms with Crippen molar-refractivity contribution in [2.45, 2.75) is 31.7 Å². The van der Waals surface area contributed by atoms with Crippen molar-refractivity contribution in [2.75, 3.05) is 45.7 Å². The first-order chi connectivity index (χ1) is 16.0. The van der Waals surface area contributed by atoms with E-state index in [1.807, 2.05) is 5.38 Å². The highest BCUT2D eigenvalue weighted by Gasteiger charge is 2.23. The largest absolute Gasteiger partial charge is 0.383 e. The number of nitrogens with zero attached hydrogens (tertiary/aromatic N) is 3. The molecule has 1 aliphatic rings. The van der Waals surface area contributed by atoms with E-state index in [4.69, 9.17) is 14.5 Å². The zero-order valence-corrected chi connectivity index (χ0v) is 20.9. The number of thiophene rings is 1. The fourth-order valence-corrected chi connectivity index (χ4v) is 6.09. The number of aromatic nitrogens is 2. The van der Waals surface area contributed by atoms with E-state index in [0.717, 1.165) is 43.1 Å². The average Bonchev–Trinajstić information content (AvgIpc) is 3.22. The second-order valence-electron chi connectivity index (χ2n) is 8.64. The van der Waals surface area contributed by atoms with Crippen LogP contribution in [0, 0.1) is 11.7 Å². The molecule has 3 aromatic rings. The Labute approximate surface area is 201 Å². The molecule has 1 aromatic carbocycles. The molecule has 1 aliphatic heterocycles. The van der Waals surface area contributed by atoms with Gasteiger partial charge in [0.1, 0.15) is 10.6 Å². The lowest BCUT2D eigenvalue weighted by atomic mass is 10.1. The van der Waals surface area contributed by atoms with Gasteiger partial charge in [-0.25, -0.2) is 9.37 Å². The first-order valence-corrected chi connectivity index (χ1v) is 13.1. The standard InChI is InChI=1S/C24H30FN3O3S2/c1-16(2)12-27-8-11-31-19(13-27)14-33-24-26-22-21(23(29)28(24)9-10-30-3)20(15-32-22)17-4-6-18(25)7-5-17/h4-7,15-16,19H,8-14H2,1-3H3/t19-/m0/s1. The fourth-order valence-electron chi connectivity index (χ4n) is 4.07. The Hall–Kier alpha value is -1.78. The predicted molar refractivity (Wildman–Crippen MR) is 133 cm³/mol. The predicted octanol–water partition coefficient (Wildman–Crippen LogP) is 4.36. The van der Waals surface area contributed by atoms with E-state index in [9.17, 15) is 9.18 Å². The van der Waals surface area contributed by atoms with Crippen molar-refractivity contribution >= 4 is 33.3 Å². The number of benzene rings is 1. The number of hydrogen-bond donors (Lipinski definition) is 0. The molecule has 0 spiro atoms. The minimum Gasteiger partial charge on any atom is -0.383 e. The third kappa shape index (κ3) is 5.84. The quantitative estimate of drug-likeness (QED) is 0.328. The number of morpholine rings is 1. The number of methoxy groups -OCH3 is 1. The van der Waals surface area contributed by atoms with Gasteiger partial charge in [-0.05, 0) is 23.6 Å². The zero-order valence-electron chi connectivity index (χ0n) is 19.3. The number of rotatable bonds is 9. The molecule has 0 amide bonds. The molecule has 33 heavy (non-hydrogen) atoms. The minimum absolute atomic E-state index is 0.0916. The summed E-state index contributed by atoms with van der Waals surface area (Å²) in [6.45, 7) is 8.94. The van der Waals surface area contributed by atoms with Gasteiger partial charge in [0, 0.05) is 43.4 Å². The summed E-state index contributed by atoms with van der Waals surface area (Å²) in [5, 5.41) is 3.18. The van der Waals surface area contributed by atoms with E-state index in [1.54, 1.807) is 35.6 Å².